The predicted molar refractivity (Wildman–Crippen MR) is 93.7 cm³/mol. The van der Waals surface area contributed by atoms with Gasteiger partial charge in [0.1, 0.15) is 0 Å². The molecule has 0 atom stereocenters. The summed E-state index contributed by atoms with van der Waals surface area (Å²) in [5.41, 5.74) is 7.44. The van der Waals surface area contributed by atoms with Gasteiger partial charge >= 0.3 is 6.18 Å². The van der Waals surface area contributed by atoms with Crippen LogP contribution in [0.1, 0.15) is 45.8 Å². The van der Waals surface area contributed by atoms with E-state index < -0.39 is 11.7 Å². The van der Waals surface area contributed by atoms with Crippen molar-refractivity contribution in [3.8, 4) is 0 Å². The van der Waals surface area contributed by atoms with Gasteiger partial charge in [0.25, 0.3) is 5.91 Å². The molecular weight excluding hydrogens is 341 g/mol. The molecule has 6 heteroatoms. The van der Waals surface area contributed by atoms with Crippen LogP contribution in [0.3, 0.4) is 0 Å². The topological polar surface area (TPSA) is 46.3 Å². The Balaban J connectivity index is 1.60. The summed E-state index contributed by atoms with van der Waals surface area (Å²) in [7, 11) is 0. The normalized spacial score (nSPS) is 15.9. The first-order valence-corrected chi connectivity index (χ1v) is 8.64. The zero-order valence-corrected chi connectivity index (χ0v) is 14.3. The van der Waals surface area contributed by atoms with Crippen molar-refractivity contribution in [1.82, 2.24) is 4.90 Å². The van der Waals surface area contributed by atoms with Gasteiger partial charge in [0.15, 0.2) is 0 Å². The maximum atomic E-state index is 12.7. The zero-order valence-electron chi connectivity index (χ0n) is 14.3. The first-order chi connectivity index (χ1) is 12.4. The van der Waals surface area contributed by atoms with E-state index in [2.05, 4.69) is 0 Å². The summed E-state index contributed by atoms with van der Waals surface area (Å²) in [5, 5.41) is 0. The van der Waals surface area contributed by atoms with Crippen LogP contribution < -0.4 is 5.73 Å². The first-order valence-electron chi connectivity index (χ1n) is 8.64. The number of nitrogens with zero attached hydrogens (tertiary/aromatic N) is 1. The Hall–Kier alpha value is -2.34. The van der Waals surface area contributed by atoms with Gasteiger partial charge in [-0.25, -0.2) is 0 Å². The molecule has 1 fully saturated rings. The molecular formula is C20H21F3N2O. The van der Waals surface area contributed by atoms with Crippen molar-refractivity contribution in [2.24, 2.45) is 5.73 Å². The van der Waals surface area contributed by atoms with Gasteiger partial charge in [-0.2, -0.15) is 13.2 Å². The fraction of sp³-hybridized carbons (Fsp3) is 0.350. The molecule has 2 aromatic carbocycles. The van der Waals surface area contributed by atoms with Crippen LogP contribution in [0.25, 0.3) is 0 Å². The Morgan fingerprint density at radius 1 is 1.00 bits per heavy atom. The van der Waals surface area contributed by atoms with Crippen LogP contribution in [0.5, 0.6) is 0 Å². The molecule has 0 aliphatic carbocycles. The monoisotopic (exact) mass is 362 g/mol. The van der Waals surface area contributed by atoms with E-state index in [1.807, 2.05) is 12.1 Å². The minimum Gasteiger partial charge on any atom is -0.339 e. The van der Waals surface area contributed by atoms with Crippen molar-refractivity contribution in [2.45, 2.75) is 31.5 Å². The molecule has 1 amide bonds. The van der Waals surface area contributed by atoms with Crippen LogP contribution in [0, 0.1) is 0 Å². The Bertz CT molecular complexity index is 746. The van der Waals surface area contributed by atoms with Crippen molar-refractivity contribution in [1.29, 1.82) is 0 Å². The molecule has 1 aliphatic rings. The van der Waals surface area contributed by atoms with Gasteiger partial charge in [-0.1, -0.05) is 24.3 Å². The van der Waals surface area contributed by atoms with Crippen molar-refractivity contribution >= 4 is 5.91 Å². The number of nitrogens with two attached hydrogens (primary N) is 1. The molecule has 138 valence electrons. The maximum absolute atomic E-state index is 12.7. The molecule has 1 aliphatic heterocycles. The number of hydrogen-bond donors (Lipinski definition) is 1. The smallest absolute Gasteiger partial charge is 0.339 e. The highest BCUT2D eigenvalue weighted by molar-refractivity contribution is 5.94. The van der Waals surface area contributed by atoms with E-state index in [0.717, 1.165) is 36.1 Å². The lowest BCUT2D eigenvalue weighted by atomic mass is 9.88. The SMILES string of the molecule is NCc1ccc(C(=O)N2CCC(c3ccc(C(F)(F)F)cc3)CC2)cc1. The van der Waals surface area contributed by atoms with Gasteiger partial charge in [0.2, 0.25) is 0 Å². The van der Waals surface area contributed by atoms with E-state index in [1.54, 1.807) is 29.2 Å². The van der Waals surface area contributed by atoms with E-state index >= 15 is 0 Å². The molecule has 0 spiro atoms. The minimum atomic E-state index is -4.31. The molecule has 2 aromatic rings. The van der Waals surface area contributed by atoms with Crippen molar-refractivity contribution in [2.75, 3.05) is 13.1 Å². The molecule has 0 radical (unpaired) electrons. The predicted octanol–water partition coefficient (Wildman–Crippen LogP) is 4.18. The van der Waals surface area contributed by atoms with E-state index in [9.17, 15) is 18.0 Å². The van der Waals surface area contributed by atoms with Crippen LogP contribution in [-0.4, -0.2) is 23.9 Å². The fourth-order valence-corrected chi connectivity index (χ4v) is 3.33. The third-order valence-corrected chi connectivity index (χ3v) is 4.93. The van der Waals surface area contributed by atoms with Crippen LogP contribution >= 0.6 is 0 Å². The molecule has 0 saturated carbocycles. The summed E-state index contributed by atoms with van der Waals surface area (Å²) in [6.07, 6.45) is -2.82. The molecule has 1 saturated heterocycles. The summed E-state index contributed by atoms with van der Waals surface area (Å²) < 4.78 is 38.0. The summed E-state index contributed by atoms with van der Waals surface area (Å²) >= 11 is 0. The van der Waals surface area contributed by atoms with E-state index in [-0.39, 0.29) is 11.8 Å². The molecule has 1 heterocycles. The van der Waals surface area contributed by atoms with Crippen LogP contribution in [0.4, 0.5) is 13.2 Å². The number of likely N-dealkylation sites (tertiary alicyclic amines) is 1. The number of halogens is 3. The number of benzene rings is 2. The second-order valence-corrected chi connectivity index (χ2v) is 6.59. The summed E-state index contributed by atoms with van der Waals surface area (Å²) in [6.45, 7) is 1.64. The first kappa shape index (κ1) is 18.5. The third kappa shape index (κ3) is 4.07. The summed E-state index contributed by atoms with van der Waals surface area (Å²) in [6, 6.07) is 12.6. The van der Waals surface area contributed by atoms with Crippen LogP contribution in [0.15, 0.2) is 48.5 Å². The molecule has 26 heavy (non-hydrogen) atoms. The minimum absolute atomic E-state index is 0.0144. The second kappa shape index (κ2) is 7.50. The average Bonchev–Trinajstić information content (AvgIpc) is 2.67. The van der Waals surface area contributed by atoms with E-state index in [1.165, 1.54) is 0 Å². The number of alkyl halides is 3. The van der Waals surface area contributed by atoms with Crippen molar-refractivity contribution in [3.63, 3.8) is 0 Å². The van der Waals surface area contributed by atoms with Crippen molar-refractivity contribution < 1.29 is 18.0 Å². The van der Waals surface area contributed by atoms with Gasteiger partial charge in [0, 0.05) is 25.2 Å². The Morgan fingerprint density at radius 2 is 1.58 bits per heavy atom. The summed E-state index contributed by atoms with van der Waals surface area (Å²) in [5.74, 6) is 0.167. The Kier molecular flexibility index (Phi) is 5.32. The number of carbonyl (C=O) groups excluding carboxylic acids is 1. The third-order valence-electron chi connectivity index (χ3n) is 4.93. The molecule has 3 nitrogen and oxygen atoms in total. The number of carbonyl (C=O) groups is 1. The van der Waals surface area contributed by atoms with Gasteiger partial charge in [-0.15, -0.1) is 0 Å². The van der Waals surface area contributed by atoms with Gasteiger partial charge in [0.05, 0.1) is 5.56 Å². The lowest BCUT2D eigenvalue weighted by Gasteiger charge is -2.32. The van der Waals surface area contributed by atoms with E-state index in [0.29, 0.717) is 25.2 Å². The highest BCUT2D eigenvalue weighted by Gasteiger charge is 2.31. The van der Waals surface area contributed by atoms with Crippen molar-refractivity contribution in [3.05, 3.63) is 70.8 Å². The van der Waals surface area contributed by atoms with Crippen LogP contribution in [0.2, 0.25) is 0 Å². The Labute approximate surface area is 150 Å². The van der Waals surface area contributed by atoms with Crippen LogP contribution in [-0.2, 0) is 12.7 Å². The number of hydrogen-bond acceptors (Lipinski definition) is 2. The molecule has 3 rings (SSSR count). The molecule has 0 bridgehead atoms. The second-order valence-electron chi connectivity index (χ2n) is 6.59. The maximum Gasteiger partial charge on any atom is 0.416 e. The molecule has 2 N–H and O–H groups in total. The molecule has 0 aromatic heterocycles. The van der Waals surface area contributed by atoms with Gasteiger partial charge in [-0.3, -0.25) is 4.79 Å². The van der Waals surface area contributed by atoms with E-state index in [4.69, 9.17) is 5.73 Å². The van der Waals surface area contributed by atoms with Gasteiger partial charge in [-0.05, 0) is 54.2 Å². The number of rotatable bonds is 3. The highest BCUT2D eigenvalue weighted by Crippen LogP contribution is 2.33. The summed E-state index contributed by atoms with van der Waals surface area (Å²) in [4.78, 5) is 14.4. The highest BCUT2D eigenvalue weighted by atomic mass is 19.4. The quantitative estimate of drug-likeness (QED) is 0.890. The average molecular weight is 362 g/mol. The lowest BCUT2D eigenvalue weighted by molar-refractivity contribution is -0.137. The standard InChI is InChI=1S/C20H21F3N2O/c21-20(22,23)18-7-5-15(6-8-18)16-9-11-25(12-10-16)19(26)17-3-1-14(13-24)2-4-17/h1-8,16H,9-13,24H2. The number of piperidine rings is 1. The fourth-order valence-electron chi connectivity index (χ4n) is 3.33. The van der Waals surface area contributed by atoms with Gasteiger partial charge < -0.3 is 10.6 Å². The Morgan fingerprint density at radius 3 is 2.08 bits per heavy atom. The molecule has 0 unspecified atom stereocenters. The largest absolute Gasteiger partial charge is 0.416 e. The number of amides is 1. The zero-order chi connectivity index (χ0) is 18.7. The lowest BCUT2D eigenvalue weighted by Crippen LogP contribution is -2.37.